The predicted octanol–water partition coefficient (Wildman–Crippen LogP) is 1.60. The van der Waals surface area contributed by atoms with E-state index < -0.39 is 12.0 Å². The Morgan fingerprint density at radius 1 is 1.37 bits per heavy atom. The summed E-state index contributed by atoms with van der Waals surface area (Å²) in [4.78, 5) is 46.9. The van der Waals surface area contributed by atoms with Crippen LogP contribution in [0.15, 0.2) is 21.3 Å². The molecular weight excluding hydrogens is 384 g/mol. The van der Waals surface area contributed by atoms with Gasteiger partial charge in [0.2, 0.25) is 11.8 Å². The maximum Gasteiger partial charge on any atom is 0.305 e. The maximum absolute atomic E-state index is 12.9. The van der Waals surface area contributed by atoms with Crippen LogP contribution in [-0.4, -0.2) is 72.1 Å². The first-order valence-corrected chi connectivity index (χ1v) is 10.8. The van der Waals surface area contributed by atoms with E-state index >= 15 is 0 Å². The third-order valence-electron chi connectivity index (χ3n) is 6.04. The van der Waals surface area contributed by atoms with Crippen molar-refractivity contribution in [2.45, 2.75) is 57.4 Å². The summed E-state index contributed by atoms with van der Waals surface area (Å²) in [5.41, 5.74) is 4.15. The monoisotopic (exact) mass is 414 g/mol. The van der Waals surface area contributed by atoms with Crippen LogP contribution in [0.3, 0.4) is 0 Å². The van der Waals surface area contributed by atoms with Crippen LogP contribution in [0.2, 0.25) is 0 Å². The Balaban J connectivity index is 1.53. The highest BCUT2D eigenvalue weighted by Gasteiger charge is 2.32. The topological polar surface area (TPSA) is 111 Å². The molecule has 0 spiro atoms. The van der Waals surface area contributed by atoms with Crippen LogP contribution in [0.1, 0.15) is 51.4 Å². The van der Waals surface area contributed by atoms with Gasteiger partial charge in [-0.05, 0) is 56.2 Å². The fourth-order valence-electron chi connectivity index (χ4n) is 4.34. The van der Waals surface area contributed by atoms with E-state index in [1.54, 1.807) is 0 Å². The molecule has 0 saturated carbocycles. The summed E-state index contributed by atoms with van der Waals surface area (Å²) < 4.78 is 0. The zero-order valence-corrected chi connectivity index (χ0v) is 17.3. The first-order valence-electron chi connectivity index (χ1n) is 10.8. The zero-order valence-electron chi connectivity index (χ0n) is 17.3. The molecule has 2 unspecified atom stereocenters. The van der Waals surface area contributed by atoms with Crippen LogP contribution in [-0.2, 0) is 14.4 Å². The lowest BCUT2D eigenvalue weighted by Gasteiger charge is -2.33. The number of hydrogen-bond donors (Lipinski definition) is 2. The predicted molar refractivity (Wildman–Crippen MR) is 113 cm³/mol. The molecule has 8 heteroatoms. The minimum absolute atomic E-state index is 0.0162. The minimum atomic E-state index is -0.939. The Morgan fingerprint density at radius 2 is 2.23 bits per heavy atom. The smallest absolute Gasteiger partial charge is 0.305 e. The van der Waals surface area contributed by atoms with Crippen LogP contribution in [0.5, 0.6) is 0 Å². The third-order valence-corrected chi connectivity index (χ3v) is 6.04. The van der Waals surface area contributed by atoms with E-state index in [0.717, 1.165) is 44.2 Å². The molecule has 1 fully saturated rings. The molecule has 0 radical (unpaired) electrons. The van der Waals surface area contributed by atoms with E-state index in [1.165, 1.54) is 0 Å². The molecule has 3 heterocycles. The number of carboxylic acid groups (broad SMARTS) is 1. The molecule has 1 saturated heterocycles. The number of aliphatic imine (C=N–C) groups is 2. The molecule has 0 aromatic heterocycles. The Kier molecular flexibility index (Phi) is 8.00. The van der Waals surface area contributed by atoms with Crippen molar-refractivity contribution < 1.29 is 19.5 Å². The second kappa shape index (κ2) is 10.9. The summed E-state index contributed by atoms with van der Waals surface area (Å²) in [6, 6.07) is -0.450. The van der Waals surface area contributed by atoms with Gasteiger partial charge < -0.3 is 15.3 Å². The fourth-order valence-corrected chi connectivity index (χ4v) is 4.34. The Morgan fingerprint density at radius 3 is 2.93 bits per heavy atom. The number of nitrogens with zero attached hydrogens (tertiary/aromatic N) is 3. The lowest BCUT2D eigenvalue weighted by Crippen LogP contribution is -2.47. The van der Waals surface area contributed by atoms with Crippen molar-refractivity contribution in [3.8, 4) is 0 Å². The fraction of sp³-hybridized carbons (Fsp3) is 0.682. The quantitative estimate of drug-likeness (QED) is 0.558. The second-order valence-corrected chi connectivity index (χ2v) is 8.25. The molecule has 2 N–H and O–H groups in total. The SMILES string of the molecule is O=C(O)CC(NC(=O)CC1CCCN(CCC2=C=C=NCC2)C1=O)[C@@H]1CCC=NC1. The summed E-state index contributed by atoms with van der Waals surface area (Å²) in [7, 11) is 0. The third kappa shape index (κ3) is 6.41. The van der Waals surface area contributed by atoms with Crippen LogP contribution in [0, 0.1) is 11.8 Å². The van der Waals surface area contributed by atoms with Crippen LogP contribution in [0.4, 0.5) is 0 Å². The summed E-state index contributed by atoms with van der Waals surface area (Å²) >= 11 is 0. The summed E-state index contributed by atoms with van der Waals surface area (Å²) in [5, 5.41) is 12.1. The van der Waals surface area contributed by atoms with E-state index in [9.17, 15) is 19.5 Å². The van der Waals surface area contributed by atoms with Gasteiger partial charge in [-0.2, -0.15) is 0 Å². The number of carboxylic acids is 1. The number of piperidine rings is 1. The Labute approximate surface area is 176 Å². The van der Waals surface area contributed by atoms with Crippen molar-refractivity contribution in [2.24, 2.45) is 21.8 Å². The Bertz CT molecular complexity index is 793. The summed E-state index contributed by atoms with van der Waals surface area (Å²) in [5.74, 6) is 1.27. The highest BCUT2D eigenvalue weighted by atomic mass is 16.4. The van der Waals surface area contributed by atoms with Gasteiger partial charge in [-0.3, -0.25) is 19.4 Å². The first-order chi connectivity index (χ1) is 14.5. The lowest BCUT2D eigenvalue weighted by atomic mass is 9.89. The van der Waals surface area contributed by atoms with Crippen molar-refractivity contribution in [1.82, 2.24) is 10.2 Å². The molecule has 3 aliphatic rings. The van der Waals surface area contributed by atoms with Gasteiger partial charge in [-0.1, -0.05) is 5.73 Å². The van der Waals surface area contributed by atoms with Crippen LogP contribution >= 0.6 is 0 Å². The molecule has 3 aliphatic heterocycles. The molecule has 2 amide bonds. The van der Waals surface area contributed by atoms with E-state index in [2.05, 4.69) is 26.9 Å². The van der Waals surface area contributed by atoms with E-state index in [0.29, 0.717) is 26.1 Å². The van der Waals surface area contributed by atoms with Gasteiger partial charge in [0.15, 0.2) is 0 Å². The highest BCUT2D eigenvalue weighted by Crippen LogP contribution is 2.23. The standard InChI is InChI=1S/C22H30N4O4/c27-20(25-19(14-21(28)29)18-3-1-8-24-15-18)13-17-4-2-11-26(22(17)30)12-7-16-5-9-23-10-6-16/h8,17-19H,1-5,7,9,11-15H2,(H,25,27)(H,28,29)/t17?,18-,19?/m1/s1. The van der Waals surface area contributed by atoms with Gasteiger partial charge in [0.25, 0.3) is 0 Å². The van der Waals surface area contributed by atoms with E-state index in [-0.39, 0.29) is 36.5 Å². The summed E-state index contributed by atoms with van der Waals surface area (Å²) in [6.07, 6.45) is 6.62. The van der Waals surface area contributed by atoms with Crippen molar-refractivity contribution in [2.75, 3.05) is 26.2 Å². The first kappa shape index (κ1) is 22.0. The average molecular weight is 415 g/mol. The van der Waals surface area contributed by atoms with E-state index in [1.807, 2.05) is 11.1 Å². The second-order valence-electron chi connectivity index (χ2n) is 8.25. The number of amides is 2. The van der Waals surface area contributed by atoms with Gasteiger partial charge in [0.1, 0.15) is 0 Å². The largest absolute Gasteiger partial charge is 0.481 e. The molecule has 0 aromatic carbocycles. The van der Waals surface area contributed by atoms with Crippen molar-refractivity contribution in [1.29, 1.82) is 0 Å². The highest BCUT2D eigenvalue weighted by molar-refractivity contribution is 5.86. The van der Waals surface area contributed by atoms with Crippen LogP contribution in [0.25, 0.3) is 0 Å². The maximum atomic E-state index is 12.9. The van der Waals surface area contributed by atoms with Crippen molar-refractivity contribution in [3.05, 3.63) is 11.3 Å². The number of aliphatic carboxylic acids is 1. The molecule has 0 bridgehead atoms. The molecule has 3 atom stereocenters. The lowest BCUT2D eigenvalue weighted by molar-refractivity contribution is -0.142. The van der Waals surface area contributed by atoms with Gasteiger partial charge in [0, 0.05) is 43.9 Å². The number of likely N-dealkylation sites (tertiary alicyclic amines) is 1. The molecule has 8 nitrogen and oxygen atoms in total. The number of carbonyl (C=O) groups is 3. The molecule has 3 rings (SSSR count). The zero-order chi connectivity index (χ0) is 21.3. The normalized spacial score (nSPS) is 24.5. The molecule has 0 aliphatic carbocycles. The van der Waals surface area contributed by atoms with Gasteiger partial charge in [0.05, 0.1) is 13.0 Å². The number of nitrogens with one attached hydrogen (secondary N) is 1. The Hall–Kier alpha value is -2.69. The number of rotatable bonds is 9. The summed E-state index contributed by atoms with van der Waals surface area (Å²) in [6.45, 7) is 2.60. The van der Waals surface area contributed by atoms with Crippen LogP contribution < -0.4 is 5.32 Å². The molecular formula is C22H30N4O4. The van der Waals surface area contributed by atoms with E-state index in [4.69, 9.17) is 0 Å². The van der Waals surface area contributed by atoms with Gasteiger partial charge in [-0.25, -0.2) is 4.99 Å². The average Bonchev–Trinajstić information content (AvgIpc) is 2.75. The number of carbonyl (C=O) groups excluding carboxylic acids is 2. The molecule has 30 heavy (non-hydrogen) atoms. The molecule has 162 valence electrons. The minimum Gasteiger partial charge on any atom is -0.481 e. The number of hydrogen-bond acceptors (Lipinski definition) is 5. The van der Waals surface area contributed by atoms with Gasteiger partial charge in [-0.15, -0.1) is 0 Å². The van der Waals surface area contributed by atoms with Crippen molar-refractivity contribution >= 4 is 29.9 Å². The molecule has 0 aromatic rings. The van der Waals surface area contributed by atoms with Gasteiger partial charge >= 0.3 is 5.97 Å². The van der Waals surface area contributed by atoms with Crippen molar-refractivity contribution in [3.63, 3.8) is 0 Å².